The first-order chi connectivity index (χ1) is 24.1. The summed E-state index contributed by atoms with van der Waals surface area (Å²) in [4.78, 5) is -2.60. The molecule has 0 saturated heterocycles. The van der Waals surface area contributed by atoms with Crippen molar-refractivity contribution in [2.75, 3.05) is 0 Å². The second-order valence-corrected chi connectivity index (χ2v) is 16.6. The summed E-state index contributed by atoms with van der Waals surface area (Å²) in [5, 5.41) is 37.3. The smallest absolute Gasteiger partial charge is 0.294 e. The molecule has 0 aliphatic rings. The summed E-state index contributed by atoms with van der Waals surface area (Å²) >= 11 is 0. The lowest BCUT2D eigenvalue weighted by molar-refractivity contribution is 0.470. The topological polar surface area (TPSA) is 307 Å². The van der Waals surface area contributed by atoms with Crippen LogP contribution in [0.1, 0.15) is 0 Å². The van der Waals surface area contributed by atoms with Gasteiger partial charge in [0.25, 0.3) is 40.5 Å². The molecule has 0 heterocycles. The third-order valence-corrected chi connectivity index (χ3v) is 10.9. The van der Waals surface area contributed by atoms with Gasteiger partial charge in [0.05, 0.1) is 47.7 Å². The van der Waals surface area contributed by atoms with Crippen molar-refractivity contribution in [3.05, 3.63) is 84.9 Å². The third-order valence-electron chi connectivity index (χ3n) is 7.56. The fraction of sp³-hybridized carbons (Fsp3) is 0. The molecule has 6 aromatic carbocycles. The third kappa shape index (κ3) is 7.17. The summed E-state index contributed by atoms with van der Waals surface area (Å²) in [6.07, 6.45) is 0. The van der Waals surface area contributed by atoms with E-state index in [0.29, 0.717) is 6.07 Å². The number of aromatic hydroxyl groups is 2. The molecule has 0 unspecified atom stereocenters. The van der Waals surface area contributed by atoms with Crippen LogP contribution < -0.4 is 0 Å². The van der Waals surface area contributed by atoms with Gasteiger partial charge in [-0.1, -0.05) is 12.1 Å². The van der Waals surface area contributed by atoms with Crippen LogP contribution in [-0.2, 0) is 40.5 Å². The molecule has 18 nitrogen and oxygen atoms in total. The Bertz CT molecular complexity index is 3030. The number of phenols is 2. The Morgan fingerprint density at radius 2 is 0.769 bits per heavy atom. The van der Waals surface area contributed by atoms with Gasteiger partial charge in [-0.05, 0) is 72.1 Å². The molecule has 268 valence electrons. The lowest BCUT2D eigenvalue weighted by Gasteiger charge is -2.10. The minimum Gasteiger partial charge on any atom is -0.507 e. The molecule has 0 saturated carbocycles. The van der Waals surface area contributed by atoms with Gasteiger partial charge < -0.3 is 10.2 Å². The van der Waals surface area contributed by atoms with Gasteiger partial charge >= 0.3 is 0 Å². The minimum atomic E-state index is -4.92. The monoisotopic (exact) mass is 788 g/mol. The van der Waals surface area contributed by atoms with Gasteiger partial charge in [0.1, 0.15) is 11.5 Å². The first-order valence-corrected chi connectivity index (χ1v) is 19.7. The molecule has 0 amide bonds. The van der Waals surface area contributed by atoms with Crippen molar-refractivity contribution in [2.45, 2.75) is 19.6 Å². The standard InChI is InChI=1S/C30H20N4O14S4/c35-28-8-7-25(21-4-2-17(12-23(21)28)50(40,41)42)31-33-26-6-5-24(20-3-1-16(11-22(20)26)49(37,38)39)32-34-27-13-18(51(43,44)45)9-15-10-19(52(46,47)48)14-29(36)30(15)27/h1-14,35-36H,(H,37,38,39)(H,40,41,42)(H,43,44,45)(H,46,47,48). The van der Waals surface area contributed by atoms with Crippen LogP contribution in [0.3, 0.4) is 0 Å². The molecule has 0 spiro atoms. The maximum atomic E-state index is 12.0. The van der Waals surface area contributed by atoms with Crippen molar-refractivity contribution < 1.29 is 62.1 Å². The van der Waals surface area contributed by atoms with E-state index in [1.54, 1.807) is 0 Å². The number of azo groups is 2. The van der Waals surface area contributed by atoms with Crippen molar-refractivity contribution in [3.8, 4) is 11.5 Å². The SMILES string of the molecule is O=S(=O)(O)c1cc(O)c2c(N=Nc3ccc(N=Nc4ccc(O)c5cc(S(=O)(=O)O)ccc45)c4cc(S(=O)(=O)O)ccc34)cc(S(=O)(=O)O)cc2c1. The van der Waals surface area contributed by atoms with E-state index < -0.39 is 65.8 Å². The lowest BCUT2D eigenvalue weighted by Crippen LogP contribution is -2.00. The Hall–Kier alpha value is -5.46. The molecule has 0 aromatic heterocycles. The fourth-order valence-corrected chi connectivity index (χ4v) is 7.27. The molecule has 52 heavy (non-hydrogen) atoms. The van der Waals surface area contributed by atoms with E-state index in [1.807, 2.05) is 0 Å². The zero-order valence-corrected chi connectivity index (χ0v) is 28.7. The van der Waals surface area contributed by atoms with Crippen molar-refractivity contribution in [3.63, 3.8) is 0 Å². The van der Waals surface area contributed by atoms with E-state index in [2.05, 4.69) is 20.5 Å². The van der Waals surface area contributed by atoms with E-state index in [0.717, 1.165) is 42.5 Å². The number of phenolic OH excluding ortho intramolecular Hbond substituents is 2. The summed E-state index contributed by atoms with van der Waals surface area (Å²) < 4.78 is 133. The van der Waals surface area contributed by atoms with Gasteiger partial charge in [-0.2, -0.15) is 33.7 Å². The molecule has 6 aromatic rings. The Morgan fingerprint density at radius 3 is 1.27 bits per heavy atom. The van der Waals surface area contributed by atoms with E-state index in [1.165, 1.54) is 36.4 Å². The van der Waals surface area contributed by atoms with Gasteiger partial charge in [0.15, 0.2) is 0 Å². The molecule has 6 rings (SSSR count). The second kappa shape index (κ2) is 12.6. The first kappa shape index (κ1) is 36.3. The normalized spacial score (nSPS) is 13.2. The number of nitrogens with zero attached hydrogens (tertiary/aromatic N) is 4. The van der Waals surface area contributed by atoms with Gasteiger partial charge in [-0.3, -0.25) is 18.2 Å². The van der Waals surface area contributed by atoms with Crippen LogP contribution >= 0.6 is 0 Å². The van der Waals surface area contributed by atoms with Crippen LogP contribution in [-0.4, -0.2) is 62.1 Å². The van der Waals surface area contributed by atoms with Crippen molar-refractivity contribution in [2.24, 2.45) is 20.5 Å². The predicted molar refractivity (Wildman–Crippen MR) is 183 cm³/mol. The first-order valence-electron chi connectivity index (χ1n) is 14.0. The Balaban J connectivity index is 1.52. The van der Waals surface area contributed by atoms with Gasteiger partial charge in [-0.25, -0.2) is 0 Å². The molecule has 0 aliphatic carbocycles. The van der Waals surface area contributed by atoms with Crippen LogP contribution in [0.5, 0.6) is 11.5 Å². The molecule has 0 aliphatic heterocycles. The zero-order chi connectivity index (χ0) is 38.0. The summed E-state index contributed by atoms with van der Waals surface area (Å²) in [6.45, 7) is 0. The quantitative estimate of drug-likeness (QED) is 0.0721. The molecule has 6 N–H and O–H groups in total. The zero-order valence-electron chi connectivity index (χ0n) is 25.5. The molecule has 22 heteroatoms. The Kier molecular flexibility index (Phi) is 8.83. The largest absolute Gasteiger partial charge is 0.507 e. The van der Waals surface area contributed by atoms with Gasteiger partial charge in [0, 0.05) is 27.6 Å². The van der Waals surface area contributed by atoms with E-state index >= 15 is 0 Å². The van der Waals surface area contributed by atoms with E-state index in [-0.39, 0.29) is 60.8 Å². The van der Waals surface area contributed by atoms with E-state index in [9.17, 15) is 62.1 Å². The lowest BCUT2D eigenvalue weighted by atomic mass is 10.1. The highest BCUT2D eigenvalue weighted by atomic mass is 32.2. The summed E-state index contributed by atoms with van der Waals surface area (Å²) in [5.74, 6) is -1.09. The van der Waals surface area contributed by atoms with Crippen LogP contribution in [0.25, 0.3) is 32.3 Å². The van der Waals surface area contributed by atoms with Crippen LogP contribution in [0, 0.1) is 0 Å². The molecular weight excluding hydrogens is 769 g/mol. The molecule has 0 bridgehead atoms. The van der Waals surface area contributed by atoms with Crippen LogP contribution in [0.15, 0.2) is 125 Å². The number of rotatable bonds is 8. The maximum absolute atomic E-state index is 12.0. The predicted octanol–water partition coefficient (Wildman–Crippen LogP) is 6.38. The average Bonchev–Trinajstić information content (AvgIpc) is 3.04. The Morgan fingerprint density at radius 1 is 0.365 bits per heavy atom. The van der Waals surface area contributed by atoms with Crippen molar-refractivity contribution in [1.29, 1.82) is 0 Å². The van der Waals surface area contributed by atoms with Crippen molar-refractivity contribution in [1.82, 2.24) is 0 Å². The maximum Gasteiger partial charge on any atom is 0.294 e. The molecule has 0 radical (unpaired) electrons. The van der Waals surface area contributed by atoms with E-state index in [4.69, 9.17) is 0 Å². The fourth-order valence-electron chi connectivity index (χ4n) is 5.18. The summed E-state index contributed by atoms with van der Waals surface area (Å²) in [7, 11) is -19.1. The molecular formula is C30H20N4O14S4. The number of hydrogen-bond acceptors (Lipinski definition) is 14. The second-order valence-electron chi connectivity index (χ2n) is 10.9. The van der Waals surface area contributed by atoms with Gasteiger partial charge in [-0.15, -0.1) is 20.5 Å². The highest BCUT2D eigenvalue weighted by Gasteiger charge is 2.21. The molecule has 0 fully saturated rings. The van der Waals surface area contributed by atoms with Gasteiger partial charge in [0.2, 0.25) is 0 Å². The molecule has 0 atom stereocenters. The number of fused-ring (bicyclic) bond motifs is 3. The minimum absolute atomic E-state index is 0.00411. The van der Waals surface area contributed by atoms with Crippen LogP contribution in [0.4, 0.5) is 22.7 Å². The highest BCUT2D eigenvalue weighted by Crippen LogP contribution is 2.41. The summed E-state index contributed by atoms with van der Waals surface area (Å²) in [6, 6.07) is 15.1. The Labute approximate surface area is 293 Å². The average molecular weight is 789 g/mol. The number of hydrogen-bond donors (Lipinski definition) is 6. The summed E-state index contributed by atoms with van der Waals surface area (Å²) in [5.41, 5.74) is -0.278. The van der Waals surface area contributed by atoms with Crippen LogP contribution in [0.2, 0.25) is 0 Å². The highest BCUT2D eigenvalue weighted by molar-refractivity contribution is 7.86. The van der Waals surface area contributed by atoms with Crippen molar-refractivity contribution >= 4 is 95.5 Å². The number of benzene rings is 6.